The van der Waals surface area contributed by atoms with Gasteiger partial charge >= 0.3 is 30.7 Å². The van der Waals surface area contributed by atoms with Crippen LogP contribution < -0.4 is 0 Å². The maximum atomic E-state index is 7.12. The van der Waals surface area contributed by atoms with Gasteiger partial charge in [0.05, 0.1) is 0 Å². The molecule has 0 aromatic carbocycles. The van der Waals surface area contributed by atoms with E-state index in [2.05, 4.69) is 0 Å². The van der Waals surface area contributed by atoms with E-state index >= 15 is 0 Å². The van der Waals surface area contributed by atoms with E-state index in [1.54, 1.807) is 0 Å². The molecule has 0 saturated carbocycles. The van der Waals surface area contributed by atoms with Gasteiger partial charge in [0.15, 0.2) is 0 Å². The van der Waals surface area contributed by atoms with Crippen LogP contribution in [0, 0.1) is 0 Å². The Hall–Kier alpha value is 0.711. The summed E-state index contributed by atoms with van der Waals surface area (Å²) < 4.78 is 0. The first kappa shape index (κ1) is 17.2. The van der Waals surface area contributed by atoms with Gasteiger partial charge in [-0.1, -0.05) is 0 Å². The highest BCUT2D eigenvalue weighted by molar-refractivity contribution is 6.13. The fraction of sp³-hybridized carbons (Fsp3) is 0. The van der Waals surface area contributed by atoms with Crippen LogP contribution in [0.15, 0.2) is 0 Å². The quantitative estimate of drug-likeness (QED) is 0.303. The van der Waals surface area contributed by atoms with Crippen LogP contribution in [-0.4, -0.2) is 46.3 Å². The standard InChI is InChI=1S/BH3O2.Mg.H2O.2H/c2-1-3;;;;/h1-3H;;1H2;;. The molecule has 0 aliphatic carbocycles. The molecule has 5 heavy (non-hydrogen) atoms. The van der Waals surface area contributed by atoms with Crippen LogP contribution in [0.5, 0.6) is 0 Å². The molecule has 0 aromatic rings. The lowest BCUT2D eigenvalue weighted by atomic mass is 10.5. The van der Waals surface area contributed by atoms with Crippen molar-refractivity contribution in [3.8, 4) is 0 Å². The smallest absolute Gasteiger partial charge is 0.430 e. The molecule has 0 spiro atoms. The number of hydrogen-bond donors (Lipinski definition) is 2. The molecule has 5 heteroatoms. The molecule has 0 atom stereocenters. The first-order chi connectivity index (χ1) is 1.41. The van der Waals surface area contributed by atoms with Gasteiger partial charge in [-0.05, 0) is 0 Å². The van der Waals surface area contributed by atoms with E-state index in [1.807, 2.05) is 0 Å². The van der Waals surface area contributed by atoms with Crippen LogP contribution in [-0.2, 0) is 0 Å². The maximum Gasteiger partial charge on any atom is 0.432 e. The van der Waals surface area contributed by atoms with Crippen LogP contribution in [0.2, 0.25) is 0 Å². The summed E-state index contributed by atoms with van der Waals surface area (Å²) in [6.45, 7) is 0. The van der Waals surface area contributed by atoms with Crippen molar-refractivity contribution in [1.82, 2.24) is 0 Å². The summed E-state index contributed by atoms with van der Waals surface area (Å²) in [5.74, 6) is 0. The van der Waals surface area contributed by atoms with Gasteiger partial charge in [0.2, 0.25) is 0 Å². The lowest BCUT2D eigenvalue weighted by molar-refractivity contribution is 0.448. The third-order valence-electron chi connectivity index (χ3n) is 0. The fourth-order valence-electron chi connectivity index (χ4n) is 0. The van der Waals surface area contributed by atoms with Gasteiger partial charge in [0.1, 0.15) is 0 Å². The maximum absolute atomic E-state index is 7.12. The Morgan fingerprint density at radius 3 is 1.20 bits per heavy atom. The van der Waals surface area contributed by atoms with Crippen molar-refractivity contribution in [2.24, 2.45) is 0 Å². The Balaban J connectivity index is -0.0000000200. The molecule has 0 aliphatic heterocycles. The Morgan fingerprint density at radius 1 is 1.20 bits per heavy atom. The molecule has 0 aromatic heterocycles. The highest BCUT2D eigenvalue weighted by Gasteiger charge is 1.48. The zero-order chi connectivity index (χ0) is 2.71. The molecule has 30 valence electrons. The summed E-state index contributed by atoms with van der Waals surface area (Å²) in [6, 6.07) is 0. The molecular formula is H7BMgO3. The Morgan fingerprint density at radius 2 is 1.20 bits per heavy atom. The second-order valence-electron chi connectivity index (χ2n) is 0.141. The molecule has 0 heterocycles. The van der Waals surface area contributed by atoms with Gasteiger partial charge < -0.3 is 15.5 Å². The summed E-state index contributed by atoms with van der Waals surface area (Å²) in [4.78, 5) is 0. The topological polar surface area (TPSA) is 72.0 Å². The highest BCUT2D eigenvalue weighted by atomic mass is 24.3. The molecule has 0 aliphatic rings. The van der Waals surface area contributed by atoms with Gasteiger partial charge in [-0.15, -0.1) is 0 Å². The van der Waals surface area contributed by atoms with Gasteiger partial charge in [0, 0.05) is 0 Å². The molecule has 0 fully saturated rings. The van der Waals surface area contributed by atoms with Crippen molar-refractivity contribution >= 4 is 30.7 Å². The van der Waals surface area contributed by atoms with Crippen molar-refractivity contribution in [3.05, 3.63) is 0 Å². The average molecular weight is 90.2 g/mol. The lowest BCUT2D eigenvalue weighted by Gasteiger charge is -1.48. The second-order valence-corrected chi connectivity index (χ2v) is 0.141. The third-order valence-corrected chi connectivity index (χ3v) is 0. The van der Waals surface area contributed by atoms with E-state index < -0.39 is 7.69 Å². The molecule has 3 nitrogen and oxygen atoms in total. The average Bonchev–Trinajstić information content (AvgIpc) is 0.918. The van der Waals surface area contributed by atoms with Crippen LogP contribution in [0.3, 0.4) is 0 Å². The molecule has 0 saturated heterocycles. The van der Waals surface area contributed by atoms with Crippen LogP contribution >= 0.6 is 0 Å². The van der Waals surface area contributed by atoms with Gasteiger partial charge in [-0.25, -0.2) is 0 Å². The fourth-order valence-corrected chi connectivity index (χ4v) is 0. The van der Waals surface area contributed by atoms with Crippen molar-refractivity contribution in [1.29, 1.82) is 0 Å². The molecular weight excluding hydrogens is 83.1 g/mol. The van der Waals surface area contributed by atoms with Crippen LogP contribution in [0.4, 0.5) is 0 Å². The number of hydrogen-bond acceptors (Lipinski definition) is 2. The zero-order valence-electron chi connectivity index (χ0n) is 2.10. The van der Waals surface area contributed by atoms with E-state index in [0.29, 0.717) is 0 Å². The normalized spacial score (nSPS) is 2.80. The predicted molar refractivity (Wildman–Crippen MR) is 23.7 cm³/mol. The molecule has 0 unspecified atom stereocenters. The SMILES string of the molecule is O.OBO.[MgH2]. The van der Waals surface area contributed by atoms with E-state index in [-0.39, 0.29) is 28.5 Å². The first-order valence-corrected chi connectivity index (χ1v) is 0.632. The van der Waals surface area contributed by atoms with Crippen LogP contribution in [0.25, 0.3) is 0 Å². The Bertz CT molecular complexity index is 6.85. The summed E-state index contributed by atoms with van der Waals surface area (Å²) >= 11 is 0. The molecule has 0 bridgehead atoms. The number of rotatable bonds is 0. The largest absolute Gasteiger partial charge is 0.432 e. The van der Waals surface area contributed by atoms with Gasteiger partial charge in [-0.3, -0.25) is 0 Å². The minimum atomic E-state index is -0.750. The predicted octanol–water partition coefficient (Wildman–Crippen LogP) is -3.50. The van der Waals surface area contributed by atoms with Crippen molar-refractivity contribution in [3.63, 3.8) is 0 Å². The van der Waals surface area contributed by atoms with Crippen molar-refractivity contribution in [2.45, 2.75) is 0 Å². The molecule has 4 N–H and O–H groups in total. The van der Waals surface area contributed by atoms with Gasteiger partial charge in [0.25, 0.3) is 0 Å². The summed E-state index contributed by atoms with van der Waals surface area (Å²) in [6.07, 6.45) is 0. The molecule has 0 amide bonds. The molecule has 0 rings (SSSR count). The highest BCUT2D eigenvalue weighted by Crippen LogP contribution is 1.08. The zero-order valence-corrected chi connectivity index (χ0v) is 2.10. The first-order valence-electron chi connectivity index (χ1n) is 0.632. The minimum absolute atomic E-state index is 0. The molecule has 0 radical (unpaired) electrons. The summed E-state index contributed by atoms with van der Waals surface area (Å²) in [7, 11) is -0.750. The van der Waals surface area contributed by atoms with E-state index in [4.69, 9.17) is 10.0 Å². The Kier molecular flexibility index (Phi) is 76.4. The lowest BCUT2D eigenvalue weighted by Crippen LogP contribution is -1.75. The van der Waals surface area contributed by atoms with Crippen LogP contribution in [0.1, 0.15) is 0 Å². The van der Waals surface area contributed by atoms with E-state index in [0.717, 1.165) is 0 Å². The van der Waals surface area contributed by atoms with Gasteiger partial charge in [-0.2, -0.15) is 0 Å². The van der Waals surface area contributed by atoms with Crippen molar-refractivity contribution in [2.75, 3.05) is 0 Å². The second kappa shape index (κ2) is 22.2. The van der Waals surface area contributed by atoms with E-state index in [1.165, 1.54) is 0 Å². The Labute approximate surface area is 46.8 Å². The summed E-state index contributed by atoms with van der Waals surface area (Å²) in [5.41, 5.74) is 0. The third kappa shape index (κ3) is 68.5. The van der Waals surface area contributed by atoms with Crippen molar-refractivity contribution < 1.29 is 15.5 Å². The monoisotopic (exact) mass is 90.0 g/mol. The summed E-state index contributed by atoms with van der Waals surface area (Å²) in [5, 5.41) is 14.2. The minimum Gasteiger partial charge on any atom is -0.430 e. The van der Waals surface area contributed by atoms with E-state index in [9.17, 15) is 0 Å².